The third-order valence-electron chi connectivity index (χ3n) is 4.59. The molecule has 0 radical (unpaired) electrons. The number of nitrogens with two attached hydrogens (primary N) is 1. The van der Waals surface area contributed by atoms with Crippen molar-refractivity contribution in [2.75, 3.05) is 5.73 Å². The van der Waals surface area contributed by atoms with Crippen LogP contribution in [-0.4, -0.2) is 20.2 Å². The van der Waals surface area contributed by atoms with Gasteiger partial charge in [-0.1, -0.05) is 26.2 Å². The minimum absolute atomic E-state index is 0.670. The number of aryl methyl sites for hydroxylation is 1. The Kier molecular flexibility index (Phi) is 3.90. The largest absolute Gasteiger partial charge is 0.399 e. The van der Waals surface area contributed by atoms with Crippen LogP contribution in [0.5, 0.6) is 0 Å². The van der Waals surface area contributed by atoms with Crippen molar-refractivity contribution in [3.63, 3.8) is 0 Å². The predicted octanol–water partition coefficient (Wildman–Crippen LogP) is 3.06. The second-order valence-electron chi connectivity index (χ2n) is 6.34. The Morgan fingerprint density at radius 2 is 2.05 bits per heavy atom. The Balaban J connectivity index is 1.86. The van der Waals surface area contributed by atoms with Crippen LogP contribution in [0.25, 0.3) is 11.4 Å². The van der Waals surface area contributed by atoms with Crippen LogP contribution in [-0.2, 0) is 6.54 Å². The van der Waals surface area contributed by atoms with Gasteiger partial charge in [0, 0.05) is 17.8 Å². The zero-order valence-corrected chi connectivity index (χ0v) is 12.8. The van der Waals surface area contributed by atoms with Gasteiger partial charge in [0.25, 0.3) is 0 Å². The average molecular weight is 285 g/mol. The molecule has 1 aliphatic rings. The minimum Gasteiger partial charge on any atom is -0.399 e. The fourth-order valence-electron chi connectivity index (χ4n) is 3.36. The highest BCUT2D eigenvalue weighted by molar-refractivity contribution is 5.62. The fraction of sp³-hybridized carbons (Fsp3) is 0.562. The van der Waals surface area contributed by atoms with Crippen molar-refractivity contribution >= 4 is 5.69 Å². The minimum atomic E-state index is 0.670. The van der Waals surface area contributed by atoms with Gasteiger partial charge in [-0.05, 0) is 59.4 Å². The summed E-state index contributed by atoms with van der Waals surface area (Å²) in [6, 6.07) is 5.99. The van der Waals surface area contributed by atoms with Crippen molar-refractivity contribution in [3.05, 3.63) is 23.8 Å². The lowest BCUT2D eigenvalue weighted by molar-refractivity contribution is 0.221. The van der Waals surface area contributed by atoms with Crippen molar-refractivity contribution in [2.24, 2.45) is 11.8 Å². The highest BCUT2D eigenvalue weighted by atomic mass is 15.5. The maximum Gasteiger partial charge on any atom is 0.182 e. The molecule has 0 bridgehead atoms. The molecule has 112 valence electrons. The van der Waals surface area contributed by atoms with Gasteiger partial charge in [-0.3, -0.25) is 0 Å². The van der Waals surface area contributed by atoms with Crippen LogP contribution in [0.2, 0.25) is 0 Å². The molecule has 0 aliphatic heterocycles. The summed E-state index contributed by atoms with van der Waals surface area (Å²) in [5.41, 5.74) is 8.83. The third kappa shape index (κ3) is 3.06. The summed E-state index contributed by atoms with van der Waals surface area (Å²) in [5.74, 6) is 2.24. The van der Waals surface area contributed by atoms with Crippen LogP contribution >= 0.6 is 0 Å². The first-order valence-electron chi connectivity index (χ1n) is 7.77. The van der Waals surface area contributed by atoms with Crippen LogP contribution in [0.4, 0.5) is 5.69 Å². The maximum atomic E-state index is 5.94. The number of hydrogen-bond donors (Lipinski definition) is 1. The van der Waals surface area contributed by atoms with Gasteiger partial charge in [0.05, 0.1) is 0 Å². The Bertz CT molecular complexity index is 599. The fourth-order valence-corrected chi connectivity index (χ4v) is 3.36. The molecule has 2 N–H and O–H groups in total. The van der Waals surface area contributed by atoms with E-state index in [1.54, 1.807) is 0 Å². The lowest BCUT2D eigenvalue weighted by Crippen LogP contribution is -2.23. The third-order valence-corrected chi connectivity index (χ3v) is 4.59. The molecule has 1 aromatic carbocycles. The van der Waals surface area contributed by atoms with E-state index in [1.807, 2.05) is 23.7 Å². The average Bonchev–Trinajstić information content (AvgIpc) is 2.88. The topological polar surface area (TPSA) is 69.6 Å². The standard InChI is InChI=1S/C16H23N5/c1-11-7-14(9-15(17)8-11)16-18-19-20-21(16)10-13-6-4-3-5-12(13)2/h7-9,12-13H,3-6,10,17H2,1-2H3. The van der Waals surface area contributed by atoms with Crippen molar-refractivity contribution in [1.29, 1.82) is 0 Å². The Morgan fingerprint density at radius 1 is 1.24 bits per heavy atom. The number of aromatic nitrogens is 4. The molecular formula is C16H23N5. The first-order valence-corrected chi connectivity index (χ1v) is 7.77. The molecule has 1 fully saturated rings. The van der Waals surface area contributed by atoms with Gasteiger partial charge < -0.3 is 5.73 Å². The van der Waals surface area contributed by atoms with Crippen molar-refractivity contribution in [1.82, 2.24) is 20.2 Å². The summed E-state index contributed by atoms with van der Waals surface area (Å²) in [4.78, 5) is 0. The van der Waals surface area contributed by atoms with Gasteiger partial charge >= 0.3 is 0 Å². The van der Waals surface area contributed by atoms with Crippen molar-refractivity contribution < 1.29 is 0 Å². The molecule has 5 nitrogen and oxygen atoms in total. The van der Waals surface area contributed by atoms with Crippen LogP contribution in [0.1, 0.15) is 38.2 Å². The van der Waals surface area contributed by atoms with Crippen LogP contribution < -0.4 is 5.73 Å². The first-order chi connectivity index (χ1) is 10.1. The summed E-state index contributed by atoms with van der Waals surface area (Å²) in [7, 11) is 0. The molecule has 21 heavy (non-hydrogen) atoms. The molecule has 1 aliphatic carbocycles. The Morgan fingerprint density at radius 3 is 2.81 bits per heavy atom. The Hall–Kier alpha value is -1.91. The number of hydrogen-bond acceptors (Lipinski definition) is 4. The van der Waals surface area contributed by atoms with E-state index in [1.165, 1.54) is 25.7 Å². The summed E-state index contributed by atoms with van der Waals surface area (Å²) in [6.07, 6.45) is 5.27. The summed E-state index contributed by atoms with van der Waals surface area (Å²) in [6.45, 7) is 5.28. The number of rotatable bonds is 3. The van der Waals surface area contributed by atoms with E-state index < -0.39 is 0 Å². The van der Waals surface area contributed by atoms with E-state index in [-0.39, 0.29) is 0 Å². The first kappa shape index (κ1) is 14.0. The normalized spacial score (nSPS) is 22.4. The van der Waals surface area contributed by atoms with E-state index in [0.717, 1.165) is 35.1 Å². The van der Waals surface area contributed by atoms with Crippen LogP contribution in [0.15, 0.2) is 18.2 Å². The SMILES string of the molecule is Cc1cc(N)cc(-c2nnnn2CC2CCCCC2C)c1. The number of benzene rings is 1. The monoisotopic (exact) mass is 285 g/mol. The molecule has 0 saturated heterocycles. The Labute approximate surface area is 125 Å². The lowest BCUT2D eigenvalue weighted by atomic mass is 9.80. The highest BCUT2D eigenvalue weighted by Gasteiger charge is 2.23. The van der Waals surface area contributed by atoms with E-state index >= 15 is 0 Å². The molecule has 0 spiro atoms. The van der Waals surface area contributed by atoms with Gasteiger partial charge in [-0.15, -0.1) is 5.10 Å². The summed E-state index contributed by atoms with van der Waals surface area (Å²) >= 11 is 0. The molecule has 2 unspecified atom stereocenters. The van der Waals surface area contributed by atoms with Gasteiger partial charge in [-0.25, -0.2) is 4.68 Å². The van der Waals surface area contributed by atoms with Crippen LogP contribution in [0, 0.1) is 18.8 Å². The molecule has 3 rings (SSSR count). The van der Waals surface area contributed by atoms with Crippen LogP contribution in [0.3, 0.4) is 0 Å². The van der Waals surface area contributed by atoms with Gasteiger partial charge in [0.1, 0.15) is 0 Å². The van der Waals surface area contributed by atoms with Crippen molar-refractivity contribution in [3.8, 4) is 11.4 Å². The predicted molar refractivity (Wildman–Crippen MR) is 83.5 cm³/mol. The number of anilines is 1. The van der Waals surface area contributed by atoms with Gasteiger partial charge in [0.2, 0.25) is 0 Å². The van der Waals surface area contributed by atoms with E-state index in [2.05, 4.69) is 28.5 Å². The highest BCUT2D eigenvalue weighted by Crippen LogP contribution is 2.31. The van der Waals surface area contributed by atoms with E-state index in [0.29, 0.717) is 5.92 Å². The molecule has 2 atom stereocenters. The molecular weight excluding hydrogens is 262 g/mol. The van der Waals surface area contributed by atoms with Gasteiger partial charge in [-0.2, -0.15) is 0 Å². The van der Waals surface area contributed by atoms with E-state index in [4.69, 9.17) is 5.73 Å². The smallest absolute Gasteiger partial charge is 0.182 e. The molecule has 1 aromatic heterocycles. The maximum absolute atomic E-state index is 5.94. The zero-order valence-electron chi connectivity index (χ0n) is 12.8. The van der Waals surface area contributed by atoms with Gasteiger partial charge in [0.15, 0.2) is 5.82 Å². The summed E-state index contributed by atoms with van der Waals surface area (Å²) < 4.78 is 1.95. The van der Waals surface area contributed by atoms with Crippen molar-refractivity contribution in [2.45, 2.75) is 46.1 Å². The molecule has 0 amide bonds. The summed E-state index contributed by atoms with van der Waals surface area (Å²) in [5, 5.41) is 12.3. The molecule has 2 aromatic rings. The number of tetrazole rings is 1. The molecule has 5 heteroatoms. The van der Waals surface area contributed by atoms with E-state index in [9.17, 15) is 0 Å². The zero-order chi connectivity index (χ0) is 14.8. The number of nitrogen functional groups attached to an aromatic ring is 1. The lowest BCUT2D eigenvalue weighted by Gasteiger charge is -2.28. The molecule has 1 heterocycles. The second-order valence-corrected chi connectivity index (χ2v) is 6.34. The molecule has 1 saturated carbocycles. The number of nitrogens with zero attached hydrogens (tertiary/aromatic N) is 4. The quantitative estimate of drug-likeness (QED) is 0.880. The second kappa shape index (κ2) is 5.84.